The van der Waals surface area contributed by atoms with Crippen molar-refractivity contribution in [1.29, 1.82) is 0 Å². The fraction of sp³-hybridized carbons (Fsp3) is 0.333. The van der Waals surface area contributed by atoms with Crippen LogP contribution in [0.15, 0.2) is 59.5 Å². The highest BCUT2D eigenvalue weighted by atomic mass is 32.2. The summed E-state index contributed by atoms with van der Waals surface area (Å²) in [6.45, 7) is 1.99. The third kappa shape index (κ3) is 4.07. The number of nitrogens with zero attached hydrogens (tertiary/aromatic N) is 2. The van der Waals surface area contributed by atoms with Crippen LogP contribution in [0, 0.1) is 5.82 Å². The Labute approximate surface area is 147 Å². The van der Waals surface area contributed by atoms with Crippen molar-refractivity contribution in [2.45, 2.75) is 11.0 Å². The maximum atomic E-state index is 13.8. The molecule has 1 unspecified atom stereocenters. The molecule has 1 heterocycles. The minimum atomic E-state index is -3.83. The number of halogens is 1. The molecule has 2 aromatic carbocycles. The van der Waals surface area contributed by atoms with Crippen molar-refractivity contribution in [3.8, 4) is 0 Å². The van der Waals surface area contributed by atoms with Gasteiger partial charge in [-0.25, -0.2) is 12.8 Å². The van der Waals surface area contributed by atoms with Gasteiger partial charge in [0.2, 0.25) is 10.0 Å². The Morgan fingerprint density at radius 1 is 0.960 bits per heavy atom. The summed E-state index contributed by atoms with van der Waals surface area (Å²) in [5.41, 5.74) is 0.837. The van der Waals surface area contributed by atoms with Crippen LogP contribution in [0.2, 0.25) is 0 Å². The van der Waals surface area contributed by atoms with Gasteiger partial charge < -0.3 is 5.11 Å². The molecule has 25 heavy (non-hydrogen) atoms. The molecule has 134 valence electrons. The normalized spacial score (nSPS) is 18.2. The Hall–Kier alpha value is -1.80. The van der Waals surface area contributed by atoms with Crippen LogP contribution >= 0.6 is 0 Å². The van der Waals surface area contributed by atoms with Crippen LogP contribution < -0.4 is 0 Å². The Kier molecular flexibility index (Phi) is 5.48. The smallest absolute Gasteiger partial charge is 0.246 e. The zero-order valence-electron chi connectivity index (χ0n) is 13.8. The first-order valence-electron chi connectivity index (χ1n) is 8.18. The quantitative estimate of drug-likeness (QED) is 0.880. The number of aliphatic hydroxyl groups is 1. The molecule has 5 nitrogen and oxygen atoms in total. The number of β-amino-alcohol motifs (C(OH)–C–C–N with tert-alkyl or cyclic N) is 1. The van der Waals surface area contributed by atoms with Gasteiger partial charge in [0.15, 0.2) is 0 Å². The van der Waals surface area contributed by atoms with E-state index in [1.807, 2.05) is 35.2 Å². The van der Waals surface area contributed by atoms with Crippen LogP contribution in [0.1, 0.15) is 11.7 Å². The van der Waals surface area contributed by atoms with Crippen LogP contribution in [0.4, 0.5) is 4.39 Å². The standard InChI is InChI=1S/C18H21FN2O3S/c19-16-8-4-5-9-18(16)25(23,24)21-12-10-20(11-13-21)14-17(22)15-6-2-1-3-7-15/h1-9,17,22H,10-14H2. The van der Waals surface area contributed by atoms with E-state index in [-0.39, 0.29) is 18.0 Å². The van der Waals surface area contributed by atoms with Gasteiger partial charge in [-0.1, -0.05) is 42.5 Å². The summed E-state index contributed by atoms with van der Waals surface area (Å²) in [5.74, 6) is -0.732. The fourth-order valence-electron chi connectivity index (χ4n) is 2.97. The molecule has 7 heteroatoms. The lowest BCUT2D eigenvalue weighted by Crippen LogP contribution is -2.49. The Morgan fingerprint density at radius 3 is 2.20 bits per heavy atom. The number of hydrogen-bond donors (Lipinski definition) is 1. The molecule has 0 aromatic heterocycles. The van der Waals surface area contributed by atoms with Crippen molar-refractivity contribution in [1.82, 2.24) is 9.21 Å². The summed E-state index contributed by atoms with van der Waals surface area (Å²) in [6.07, 6.45) is -0.615. The number of hydrogen-bond acceptors (Lipinski definition) is 4. The van der Waals surface area contributed by atoms with Gasteiger partial charge in [-0.05, 0) is 17.7 Å². The summed E-state index contributed by atoms with van der Waals surface area (Å²) in [6, 6.07) is 14.8. The average Bonchev–Trinajstić information content (AvgIpc) is 2.63. The van der Waals surface area contributed by atoms with Gasteiger partial charge >= 0.3 is 0 Å². The molecule has 1 N–H and O–H groups in total. The zero-order chi connectivity index (χ0) is 17.9. The van der Waals surface area contributed by atoms with E-state index < -0.39 is 21.9 Å². The summed E-state index contributed by atoms with van der Waals surface area (Å²) in [7, 11) is -3.83. The molecule has 0 amide bonds. The number of piperazine rings is 1. The van der Waals surface area contributed by atoms with E-state index in [1.165, 1.54) is 22.5 Å². The van der Waals surface area contributed by atoms with E-state index in [0.717, 1.165) is 11.6 Å². The second kappa shape index (κ2) is 7.61. The van der Waals surface area contributed by atoms with Gasteiger partial charge in [0.25, 0.3) is 0 Å². The molecule has 1 atom stereocenters. The molecule has 0 radical (unpaired) electrons. The number of rotatable bonds is 5. The van der Waals surface area contributed by atoms with Crippen LogP contribution in [0.25, 0.3) is 0 Å². The highest BCUT2D eigenvalue weighted by Crippen LogP contribution is 2.21. The molecule has 0 aliphatic carbocycles. The van der Waals surface area contributed by atoms with E-state index in [9.17, 15) is 17.9 Å². The lowest BCUT2D eigenvalue weighted by atomic mass is 10.1. The van der Waals surface area contributed by atoms with Gasteiger partial charge in [0.05, 0.1) is 6.10 Å². The first-order chi connectivity index (χ1) is 12.0. The molecule has 0 bridgehead atoms. The molecule has 0 spiro atoms. The monoisotopic (exact) mass is 364 g/mol. The zero-order valence-corrected chi connectivity index (χ0v) is 14.6. The molecule has 1 aliphatic heterocycles. The maximum absolute atomic E-state index is 13.8. The largest absolute Gasteiger partial charge is 0.387 e. The van der Waals surface area contributed by atoms with Gasteiger partial charge in [0.1, 0.15) is 10.7 Å². The summed E-state index contributed by atoms with van der Waals surface area (Å²) < 4.78 is 40.3. The molecular weight excluding hydrogens is 343 g/mol. The SMILES string of the molecule is O=S(=O)(c1ccccc1F)N1CCN(CC(O)c2ccccc2)CC1. The van der Waals surface area contributed by atoms with E-state index in [1.54, 1.807) is 0 Å². The minimum Gasteiger partial charge on any atom is -0.387 e. The van der Waals surface area contributed by atoms with Gasteiger partial charge in [-0.3, -0.25) is 4.90 Å². The second-order valence-electron chi connectivity index (χ2n) is 6.06. The van der Waals surface area contributed by atoms with E-state index in [2.05, 4.69) is 0 Å². The van der Waals surface area contributed by atoms with Crippen LogP contribution in [0.5, 0.6) is 0 Å². The number of aliphatic hydroxyl groups excluding tert-OH is 1. The molecule has 2 aromatic rings. The summed E-state index contributed by atoms with van der Waals surface area (Å²) in [4.78, 5) is 1.73. The van der Waals surface area contributed by atoms with E-state index in [4.69, 9.17) is 0 Å². The molecule has 0 saturated carbocycles. The van der Waals surface area contributed by atoms with Crippen molar-refractivity contribution in [2.75, 3.05) is 32.7 Å². The predicted molar refractivity (Wildman–Crippen MR) is 93.0 cm³/mol. The van der Waals surface area contributed by atoms with Gasteiger partial charge in [-0.15, -0.1) is 0 Å². The highest BCUT2D eigenvalue weighted by Gasteiger charge is 2.30. The first-order valence-corrected chi connectivity index (χ1v) is 9.62. The lowest BCUT2D eigenvalue weighted by Gasteiger charge is -2.35. The summed E-state index contributed by atoms with van der Waals surface area (Å²) >= 11 is 0. The fourth-order valence-corrected chi connectivity index (χ4v) is 4.46. The van der Waals surface area contributed by atoms with Crippen LogP contribution in [0.3, 0.4) is 0 Å². The van der Waals surface area contributed by atoms with Crippen LogP contribution in [-0.4, -0.2) is 55.5 Å². The molecular formula is C18H21FN2O3S. The second-order valence-corrected chi connectivity index (χ2v) is 7.97. The van der Waals surface area contributed by atoms with Crippen molar-refractivity contribution in [2.24, 2.45) is 0 Å². The van der Waals surface area contributed by atoms with E-state index >= 15 is 0 Å². The lowest BCUT2D eigenvalue weighted by molar-refractivity contribution is 0.0921. The number of sulfonamides is 1. The Balaban J connectivity index is 1.61. The maximum Gasteiger partial charge on any atom is 0.246 e. The number of benzene rings is 2. The molecule has 3 rings (SSSR count). The van der Waals surface area contributed by atoms with Crippen molar-refractivity contribution in [3.05, 3.63) is 66.0 Å². The summed E-state index contributed by atoms with van der Waals surface area (Å²) in [5, 5.41) is 10.3. The van der Waals surface area contributed by atoms with Gasteiger partial charge in [-0.2, -0.15) is 4.31 Å². The van der Waals surface area contributed by atoms with Crippen LogP contribution in [-0.2, 0) is 10.0 Å². The Bertz CT molecular complexity index is 806. The average molecular weight is 364 g/mol. The third-order valence-corrected chi connectivity index (χ3v) is 6.33. The first kappa shape index (κ1) is 18.0. The Morgan fingerprint density at radius 2 is 1.56 bits per heavy atom. The van der Waals surface area contributed by atoms with E-state index in [0.29, 0.717) is 19.6 Å². The topological polar surface area (TPSA) is 60.9 Å². The van der Waals surface area contributed by atoms with Crippen molar-refractivity contribution < 1.29 is 17.9 Å². The van der Waals surface area contributed by atoms with Crippen molar-refractivity contribution in [3.63, 3.8) is 0 Å². The van der Waals surface area contributed by atoms with Crippen molar-refractivity contribution >= 4 is 10.0 Å². The predicted octanol–water partition coefficient (Wildman–Crippen LogP) is 1.87. The van der Waals surface area contributed by atoms with Gasteiger partial charge in [0, 0.05) is 32.7 Å². The minimum absolute atomic E-state index is 0.276. The highest BCUT2D eigenvalue weighted by molar-refractivity contribution is 7.89. The third-order valence-electron chi connectivity index (χ3n) is 4.40. The molecule has 1 fully saturated rings. The molecule has 1 aliphatic rings. The molecule has 1 saturated heterocycles.